The molecule has 6 nitrogen and oxygen atoms in total. The monoisotopic (exact) mass is 461 g/mol. The highest BCUT2D eigenvalue weighted by atomic mass is 32.2. The van der Waals surface area contributed by atoms with Gasteiger partial charge in [0.05, 0.1) is 42.7 Å². The molecule has 9 heteroatoms. The Morgan fingerprint density at radius 2 is 2.07 bits per heavy atom. The number of hydrazone groups is 1. The number of hydrogen-bond acceptors (Lipinski definition) is 7. The van der Waals surface area contributed by atoms with Crippen molar-refractivity contribution in [1.29, 1.82) is 0 Å². The van der Waals surface area contributed by atoms with Crippen LogP contribution in [-0.4, -0.2) is 65.0 Å². The summed E-state index contributed by atoms with van der Waals surface area (Å²) in [5.41, 5.74) is 1.99. The van der Waals surface area contributed by atoms with Gasteiger partial charge in [-0.1, -0.05) is 42.2 Å². The lowest BCUT2D eigenvalue weighted by atomic mass is 10.0. The van der Waals surface area contributed by atoms with Crippen molar-refractivity contribution in [2.45, 2.75) is 12.5 Å². The number of carbonyl (C=O) groups is 1. The number of amides is 1. The predicted molar refractivity (Wildman–Crippen MR) is 126 cm³/mol. The lowest BCUT2D eigenvalue weighted by Crippen LogP contribution is -2.39. The number of thiocarbonyl (C=S) groups is 1. The smallest absolute Gasteiger partial charge is 0.253 e. The Labute approximate surface area is 189 Å². The maximum atomic E-state index is 13.1. The third-order valence-electron chi connectivity index (χ3n) is 5.06. The normalized spacial score (nSPS) is 19.0. The summed E-state index contributed by atoms with van der Waals surface area (Å²) in [6.45, 7) is 2.90. The zero-order chi connectivity index (χ0) is 20.9. The van der Waals surface area contributed by atoms with Crippen molar-refractivity contribution in [1.82, 2.24) is 9.91 Å². The van der Waals surface area contributed by atoms with Crippen LogP contribution in [0.3, 0.4) is 0 Å². The van der Waals surface area contributed by atoms with E-state index < -0.39 is 0 Å². The third-order valence-corrected chi connectivity index (χ3v) is 7.49. The molecule has 158 valence electrons. The Morgan fingerprint density at radius 3 is 2.73 bits per heavy atom. The molecule has 0 N–H and O–H groups in total. The number of thiophene rings is 1. The van der Waals surface area contributed by atoms with Gasteiger partial charge in [0.1, 0.15) is 10.1 Å². The first-order valence-electron chi connectivity index (χ1n) is 9.72. The van der Waals surface area contributed by atoms with E-state index in [0.29, 0.717) is 19.6 Å². The van der Waals surface area contributed by atoms with Crippen molar-refractivity contribution in [2.75, 3.05) is 39.2 Å². The van der Waals surface area contributed by atoms with Crippen molar-refractivity contribution in [2.24, 2.45) is 5.10 Å². The van der Waals surface area contributed by atoms with E-state index in [4.69, 9.17) is 26.8 Å². The van der Waals surface area contributed by atoms with Crippen LogP contribution in [-0.2, 0) is 9.53 Å². The number of thioether (sulfide) groups is 1. The molecule has 0 spiro atoms. The van der Waals surface area contributed by atoms with E-state index in [1.165, 1.54) is 11.8 Å². The highest BCUT2D eigenvalue weighted by Crippen LogP contribution is 2.35. The molecule has 0 saturated carbocycles. The van der Waals surface area contributed by atoms with Gasteiger partial charge in [-0.3, -0.25) is 4.79 Å². The Hall–Kier alpha value is -1.94. The summed E-state index contributed by atoms with van der Waals surface area (Å²) in [4.78, 5) is 16.3. The van der Waals surface area contributed by atoms with Gasteiger partial charge >= 0.3 is 0 Å². The maximum Gasteiger partial charge on any atom is 0.253 e. The van der Waals surface area contributed by atoms with Crippen LogP contribution in [0.15, 0.2) is 46.9 Å². The fraction of sp³-hybridized carbons (Fsp3) is 0.381. The summed E-state index contributed by atoms with van der Waals surface area (Å²) in [5.74, 6) is 1.02. The average molecular weight is 462 g/mol. The molecule has 2 aromatic rings. The first kappa shape index (κ1) is 21.3. The van der Waals surface area contributed by atoms with E-state index in [2.05, 4.69) is 4.90 Å². The first-order chi connectivity index (χ1) is 14.7. The van der Waals surface area contributed by atoms with E-state index in [-0.39, 0.29) is 17.7 Å². The second-order valence-electron chi connectivity index (χ2n) is 6.91. The van der Waals surface area contributed by atoms with Crippen molar-refractivity contribution in [3.05, 3.63) is 52.2 Å². The van der Waals surface area contributed by atoms with E-state index in [0.717, 1.165) is 39.3 Å². The van der Waals surface area contributed by atoms with Crippen LogP contribution in [0.25, 0.3) is 0 Å². The molecule has 1 aromatic heterocycles. The van der Waals surface area contributed by atoms with Gasteiger partial charge in [0, 0.05) is 19.5 Å². The van der Waals surface area contributed by atoms with Gasteiger partial charge in [0.2, 0.25) is 0 Å². The lowest BCUT2D eigenvalue weighted by Gasteiger charge is -2.29. The molecular formula is C21H23N3O3S3. The number of morpholine rings is 1. The quantitative estimate of drug-likeness (QED) is 0.632. The highest BCUT2D eigenvalue weighted by Gasteiger charge is 2.33. The highest BCUT2D eigenvalue weighted by molar-refractivity contribution is 8.23. The molecule has 1 saturated heterocycles. The summed E-state index contributed by atoms with van der Waals surface area (Å²) < 4.78 is 11.4. The van der Waals surface area contributed by atoms with Gasteiger partial charge in [0.25, 0.3) is 5.91 Å². The van der Waals surface area contributed by atoms with Gasteiger partial charge < -0.3 is 14.4 Å². The van der Waals surface area contributed by atoms with Crippen LogP contribution in [0, 0.1) is 0 Å². The van der Waals surface area contributed by atoms with E-state index in [1.54, 1.807) is 23.5 Å². The minimum Gasteiger partial charge on any atom is -0.497 e. The number of benzene rings is 1. The predicted octanol–water partition coefficient (Wildman–Crippen LogP) is 3.78. The molecule has 0 unspecified atom stereocenters. The van der Waals surface area contributed by atoms with Crippen LogP contribution in [0.5, 0.6) is 5.75 Å². The fourth-order valence-electron chi connectivity index (χ4n) is 3.44. The molecule has 3 heterocycles. The fourth-order valence-corrected chi connectivity index (χ4v) is 5.27. The Balaban J connectivity index is 1.48. The number of methoxy groups -OCH3 is 1. The summed E-state index contributed by atoms with van der Waals surface area (Å²) in [6.07, 6.45) is 0.692. The Bertz CT molecular complexity index is 909. The Morgan fingerprint density at radius 1 is 1.30 bits per heavy atom. The van der Waals surface area contributed by atoms with Gasteiger partial charge in [-0.15, -0.1) is 11.3 Å². The van der Waals surface area contributed by atoms with E-state index >= 15 is 0 Å². The summed E-state index contributed by atoms with van der Waals surface area (Å²) >= 11 is 8.57. The second-order valence-corrected chi connectivity index (χ2v) is 9.47. The number of nitrogens with zero attached hydrogens (tertiary/aromatic N) is 3. The summed E-state index contributed by atoms with van der Waals surface area (Å²) in [7, 11) is 1.65. The minimum atomic E-state index is -0.127. The van der Waals surface area contributed by atoms with Crippen LogP contribution in [0.1, 0.15) is 22.9 Å². The van der Waals surface area contributed by atoms with Gasteiger partial charge in [-0.2, -0.15) is 5.10 Å². The lowest BCUT2D eigenvalue weighted by molar-refractivity contribution is -0.130. The summed E-state index contributed by atoms with van der Waals surface area (Å²) in [5, 5.41) is 8.37. The zero-order valence-electron chi connectivity index (χ0n) is 16.7. The van der Waals surface area contributed by atoms with Crippen LogP contribution in [0.2, 0.25) is 0 Å². The molecule has 4 rings (SSSR count). The average Bonchev–Trinajstić information content (AvgIpc) is 3.48. The topological polar surface area (TPSA) is 54.4 Å². The number of ether oxygens (including phenoxy) is 2. The van der Waals surface area contributed by atoms with Gasteiger partial charge in [0.15, 0.2) is 0 Å². The molecule has 1 atom stereocenters. The molecule has 0 radical (unpaired) electrons. The molecule has 30 heavy (non-hydrogen) atoms. The Kier molecular flexibility index (Phi) is 7.04. The van der Waals surface area contributed by atoms with E-state index in [9.17, 15) is 4.79 Å². The minimum absolute atomic E-state index is 0.0389. The largest absolute Gasteiger partial charge is 0.497 e. The second kappa shape index (κ2) is 9.91. The standard InChI is InChI=1S/C21H23N3O3S3/c1-26-16-6-4-15(5-7-16)18-13-17(19-3-2-12-29-19)22-24(18)20(25)14-30-21(28)23-8-10-27-11-9-23/h2-7,12,18H,8-11,13-14H2,1H3/t18-/m1/s1. The van der Waals surface area contributed by atoms with E-state index in [1.807, 2.05) is 41.8 Å². The van der Waals surface area contributed by atoms with Crippen LogP contribution < -0.4 is 4.74 Å². The number of hydrogen-bond donors (Lipinski definition) is 0. The molecule has 0 aliphatic carbocycles. The van der Waals surface area contributed by atoms with Gasteiger partial charge in [-0.25, -0.2) is 5.01 Å². The first-order valence-corrected chi connectivity index (χ1v) is 12.0. The van der Waals surface area contributed by atoms with Crippen molar-refractivity contribution >= 4 is 51.3 Å². The number of carbonyl (C=O) groups excluding carboxylic acids is 1. The number of rotatable bonds is 5. The molecule has 0 bridgehead atoms. The van der Waals surface area contributed by atoms with Crippen molar-refractivity contribution in [3.63, 3.8) is 0 Å². The van der Waals surface area contributed by atoms with Crippen molar-refractivity contribution < 1.29 is 14.3 Å². The molecule has 2 aliphatic rings. The molecule has 1 aromatic carbocycles. The van der Waals surface area contributed by atoms with Crippen LogP contribution >= 0.6 is 35.3 Å². The molecule has 2 aliphatic heterocycles. The van der Waals surface area contributed by atoms with Crippen molar-refractivity contribution in [3.8, 4) is 5.75 Å². The molecular weight excluding hydrogens is 438 g/mol. The maximum absolute atomic E-state index is 13.1. The molecule has 1 fully saturated rings. The third kappa shape index (κ3) is 4.85. The van der Waals surface area contributed by atoms with Crippen LogP contribution in [0.4, 0.5) is 0 Å². The molecule has 1 amide bonds. The van der Waals surface area contributed by atoms with Gasteiger partial charge in [-0.05, 0) is 29.1 Å². The SMILES string of the molecule is COc1ccc([C@H]2CC(c3cccs3)=NN2C(=O)CSC(=S)N2CCOCC2)cc1. The summed E-state index contributed by atoms with van der Waals surface area (Å²) in [6, 6.07) is 11.8. The zero-order valence-corrected chi connectivity index (χ0v) is 19.1.